The molecule has 1 aliphatic rings. The van der Waals surface area contributed by atoms with Gasteiger partial charge in [-0.3, -0.25) is 14.6 Å². The molecule has 8 heteroatoms. The van der Waals surface area contributed by atoms with Gasteiger partial charge in [-0.05, 0) is 20.8 Å². The number of carbonyl (C=O) groups is 1. The summed E-state index contributed by atoms with van der Waals surface area (Å²) in [7, 11) is 0. The third kappa shape index (κ3) is 3.26. The van der Waals surface area contributed by atoms with Gasteiger partial charge in [0.1, 0.15) is 0 Å². The number of carbonyl (C=O) groups excluding carboxylic acids is 1. The summed E-state index contributed by atoms with van der Waals surface area (Å²) >= 11 is 0. The summed E-state index contributed by atoms with van der Waals surface area (Å²) in [6.45, 7) is 7.27. The van der Waals surface area contributed by atoms with E-state index in [1.54, 1.807) is 4.68 Å². The normalized spacial score (nSPS) is 20.3. The molecule has 0 aliphatic carbocycles. The number of nitrogens with one attached hydrogen (secondary N) is 2. The van der Waals surface area contributed by atoms with E-state index in [2.05, 4.69) is 25.8 Å². The molecule has 0 saturated carbocycles. The lowest BCUT2D eigenvalue weighted by atomic mass is 9.99. The van der Waals surface area contributed by atoms with E-state index in [9.17, 15) is 4.79 Å². The molecule has 1 amide bonds. The summed E-state index contributed by atoms with van der Waals surface area (Å²) in [6.07, 6.45) is 3.26. The molecule has 0 bridgehead atoms. The molecule has 2 aromatic rings. The number of ether oxygens (including phenoxy) is 1. The van der Waals surface area contributed by atoms with Gasteiger partial charge in [0.25, 0.3) is 5.91 Å². The first-order valence-electron chi connectivity index (χ1n) is 7.98. The number of hydrogen-bond acceptors (Lipinski definition) is 5. The third-order valence-electron chi connectivity index (χ3n) is 4.03. The van der Waals surface area contributed by atoms with Crippen LogP contribution in [0.5, 0.6) is 0 Å². The molecule has 0 radical (unpaired) electrons. The maximum Gasteiger partial charge on any atom is 0.272 e. The summed E-state index contributed by atoms with van der Waals surface area (Å²) in [5, 5.41) is 18.1. The molecule has 0 aromatic carbocycles. The second kappa shape index (κ2) is 6.49. The molecule has 3 heterocycles. The summed E-state index contributed by atoms with van der Waals surface area (Å²) in [5.74, 6) is -0.160. The summed E-state index contributed by atoms with van der Waals surface area (Å²) in [4.78, 5) is 12.4. The van der Waals surface area contributed by atoms with Gasteiger partial charge < -0.3 is 10.1 Å². The molecule has 2 atom stereocenters. The van der Waals surface area contributed by atoms with Crippen molar-refractivity contribution in [3.63, 3.8) is 0 Å². The van der Waals surface area contributed by atoms with Crippen LogP contribution in [0.1, 0.15) is 54.3 Å². The van der Waals surface area contributed by atoms with Crippen LogP contribution in [-0.4, -0.2) is 43.7 Å². The van der Waals surface area contributed by atoms with Crippen LogP contribution in [-0.2, 0) is 24.1 Å². The standard InChI is InChI=1S/C15H22N6O2/c1-4-21-8-11(17-20-21)5-6-16-15(22)14-12-7-9(2)23-10(3)13(12)18-19-14/h8-10H,4-7H2,1-3H3,(H,16,22)(H,18,19)/t9-,10+/m0/s1. The molecule has 0 fully saturated rings. The Bertz CT molecular complexity index is 692. The number of aryl methyl sites for hydroxylation is 1. The zero-order valence-electron chi connectivity index (χ0n) is 13.7. The third-order valence-corrected chi connectivity index (χ3v) is 4.03. The van der Waals surface area contributed by atoms with E-state index < -0.39 is 0 Å². The first-order chi connectivity index (χ1) is 11.1. The van der Waals surface area contributed by atoms with Crippen molar-refractivity contribution in [3.05, 3.63) is 28.8 Å². The molecule has 1 aliphatic heterocycles. The molecule has 0 spiro atoms. The number of amides is 1. The first kappa shape index (κ1) is 15.7. The van der Waals surface area contributed by atoms with Gasteiger partial charge in [0.15, 0.2) is 5.69 Å². The number of aromatic nitrogens is 5. The Hall–Kier alpha value is -2.22. The van der Waals surface area contributed by atoms with E-state index in [4.69, 9.17) is 4.74 Å². The second-order valence-electron chi connectivity index (χ2n) is 5.83. The monoisotopic (exact) mass is 318 g/mol. The van der Waals surface area contributed by atoms with Crippen LogP contribution in [0.15, 0.2) is 6.20 Å². The van der Waals surface area contributed by atoms with Gasteiger partial charge >= 0.3 is 0 Å². The van der Waals surface area contributed by atoms with Crippen molar-refractivity contribution in [2.75, 3.05) is 6.54 Å². The van der Waals surface area contributed by atoms with Gasteiger partial charge in [-0.15, -0.1) is 5.10 Å². The zero-order chi connectivity index (χ0) is 16.4. The highest BCUT2D eigenvalue weighted by Crippen LogP contribution is 2.29. The number of rotatable bonds is 5. The van der Waals surface area contributed by atoms with Gasteiger partial charge in [0.2, 0.25) is 0 Å². The van der Waals surface area contributed by atoms with Crippen molar-refractivity contribution >= 4 is 5.91 Å². The van der Waals surface area contributed by atoms with Crippen molar-refractivity contribution < 1.29 is 9.53 Å². The number of fused-ring (bicyclic) bond motifs is 1. The van der Waals surface area contributed by atoms with Crippen molar-refractivity contribution in [1.82, 2.24) is 30.5 Å². The number of aromatic amines is 1. The molecule has 2 aromatic heterocycles. The van der Waals surface area contributed by atoms with Crippen LogP contribution in [0, 0.1) is 0 Å². The van der Waals surface area contributed by atoms with Crippen molar-refractivity contribution in [2.45, 2.75) is 52.4 Å². The molecule has 3 rings (SSSR count). The van der Waals surface area contributed by atoms with E-state index >= 15 is 0 Å². The quantitative estimate of drug-likeness (QED) is 0.857. The lowest BCUT2D eigenvalue weighted by Gasteiger charge is -2.25. The number of nitrogens with zero attached hydrogens (tertiary/aromatic N) is 4. The van der Waals surface area contributed by atoms with E-state index in [0.717, 1.165) is 23.5 Å². The Morgan fingerprint density at radius 3 is 3.09 bits per heavy atom. The molecular weight excluding hydrogens is 296 g/mol. The van der Waals surface area contributed by atoms with Crippen LogP contribution in [0.3, 0.4) is 0 Å². The first-order valence-corrected chi connectivity index (χ1v) is 7.98. The van der Waals surface area contributed by atoms with Gasteiger partial charge in [-0.25, -0.2) is 0 Å². The predicted molar refractivity (Wildman–Crippen MR) is 83.0 cm³/mol. The second-order valence-corrected chi connectivity index (χ2v) is 5.83. The SMILES string of the molecule is CCn1cc(CCNC(=O)c2n[nH]c3c2C[C@H](C)O[C@@H]3C)nn1. The molecule has 23 heavy (non-hydrogen) atoms. The van der Waals surface area contributed by atoms with Crippen molar-refractivity contribution in [1.29, 1.82) is 0 Å². The predicted octanol–water partition coefficient (Wildman–Crippen LogP) is 1.02. The summed E-state index contributed by atoms with van der Waals surface area (Å²) in [6, 6.07) is 0. The summed E-state index contributed by atoms with van der Waals surface area (Å²) in [5.41, 5.74) is 3.20. The van der Waals surface area contributed by atoms with Crippen LogP contribution in [0.25, 0.3) is 0 Å². The molecular formula is C15H22N6O2. The Balaban J connectivity index is 1.61. The van der Waals surface area contributed by atoms with Gasteiger partial charge in [0, 0.05) is 37.7 Å². The van der Waals surface area contributed by atoms with Gasteiger partial charge in [-0.2, -0.15) is 5.10 Å². The molecule has 0 unspecified atom stereocenters. The van der Waals surface area contributed by atoms with Crippen molar-refractivity contribution in [3.8, 4) is 0 Å². The largest absolute Gasteiger partial charge is 0.369 e. The Kier molecular flexibility index (Phi) is 4.42. The molecule has 0 saturated heterocycles. The van der Waals surface area contributed by atoms with Crippen LogP contribution in [0.2, 0.25) is 0 Å². The van der Waals surface area contributed by atoms with Crippen LogP contribution < -0.4 is 5.32 Å². The van der Waals surface area contributed by atoms with Crippen LogP contribution in [0.4, 0.5) is 0 Å². The topological polar surface area (TPSA) is 97.7 Å². The maximum absolute atomic E-state index is 12.4. The van der Waals surface area contributed by atoms with Crippen LogP contribution >= 0.6 is 0 Å². The Morgan fingerprint density at radius 2 is 2.35 bits per heavy atom. The molecule has 124 valence electrons. The average Bonchev–Trinajstić information content (AvgIpc) is 3.13. The average molecular weight is 318 g/mol. The Morgan fingerprint density at radius 1 is 1.52 bits per heavy atom. The smallest absolute Gasteiger partial charge is 0.272 e. The van der Waals surface area contributed by atoms with Gasteiger partial charge in [-0.1, -0.05) is 5.21 Å². The zero-order valence-corrected chi connectivity index (χ0v) is 13.7. The highest BCUT2D eigenvalue weighted by Gasteiger charge is 2.29. The van der Waals surface area contributed by atoms with E-state index in [1.807, 2.05) is 27.0 Å². The fraction of sp³-hybridized carbons (Fsp3) is 0.600. The fourth-order valence-electron chi connectivity index (χ4n) is 2.86. The number of hydrogen-bond donors (Lipinski definition) is 2. The minimum atomic E-state index is -0.160. The minimum absolute atomic E-state index is 0.0631. The van der Waals surface area contributed by atoms with E-state index in [-0.39, 0.29) is 18.1 Å². The molecule has 2 N–H and O–H groups in total. The molecule has 8 nitrogen and oxygen atoms in total. The fourth-order valence-corrected chi connectivity index (χ4v) is 2.86. The maximum atomic E-state index is 12.4. The highest BCUT2D eigenvalue weighted by molar-refractivity contribution is 5.94. The van der Waals surface area contributed by atoms with E-state index in [1.165, 1.54) is 0 Å². The minimum Gasteiger partial charge on any atom is -0.369 e. The summed E-state index contributed by atoms with van der Waals surface area (Å²) < 4.78 is 7.50. The van der Waals surface area contributed by atoms with Crippen molar-refractivity contribution in [2.24, 2.45) is 0 Å². The lowest BCUT2D eigenvalue weighted by Crippen LogP contribution is -2.29. The lowest BCUT2D eigenvalue weighted by molar-refractivity contribution is -0.00697. The number of H-pyrrole nitrogens is 1. The highest BCUT2D eigenvalue weighted by atomic mass is 16.5. The Labute approximate surface area is 134 Å². The van der Waals surface area contributed by atoms with Gasteiger partial charge in [0.05, 0.1) is 23.6 Å². The van der Waals surface area contributed by atoms with E-state index in [0.29, 0.717) is 25.1 Å².